The van der Waals surface area contributed by atoms with Crippen LogP contribution < -0.4 is 0 Å². The van der Waals surface area contributed by atoms with E-state index in [9.17, 15) is 0 Å². The number of phenolic OH excluding ortho intramolecular Hbond substituents is 1. The molecule has 3 heteroatoms. The highest BCUT2D eigenvalue weighted by Gasteiger charge is 1.95. The molecule has 1 aromatic rings. The van der Waals surface area contributed by atoms with Gasteiger partial charge in [-0.25, -0.2) is 0 Å². The van der Waals surface area contributed by atoms with Gasteiger partial charge in [-0.15, -0.1) is 0 Å². The molecule has 0 saturated heterocycles. The lowest BCUT2D eigenvalue weighted by molar-refractivity contribution is 0.475. The van der Waals surface area contributed by atoms with Gasteiger partial charge in [0.05, 0.1) is 5.69 Å². The van der Waals surface area contributed by atoms with E-state index in [4.69, 9.17) is 5.11 Å². The highest BCUT2D eigenvalue weighted by molar-refractivity contribution is 8.06. The van der Waals surface area contributed by atoms with Crippen LogP contribution in [0.15, 0.2) is 51.7 Å². The number of aromatic hydroxyl groups is 1. The molecule has 1 aliphatic rings. The summed E-state index contributed by atoms with van der Waals surface area (Å²) in [6.07, 6.45) is 7.07. The summed E-state index contributed by atoms with van der Waals surface area (Å²) < 4.78 is 0. The van der Waals surface area contributed by atoms with Gasteiger partial charge in [-0.1, -0.05) is 23.9 Å². The summed E-state index contributed by atoms with van der Waals surface area (Å²) in [6, 6.07) is 6.84. The number of phenols is 1. The highest BCUT2D eigenvalue weighted by atomic mass is 32.2. The minimum absolute atomic E-state index is 0.267. The molecular weight excluding hydrogens is 206 g/mol. The Morgan fingerprint density at radius 1 is 1.27 bits per heavy atom. The normalized spacial score (nSPS) is 15.6. The maximum absolute atomic E-state index is 9.10. The van der Waals surface area contributed by atoms with Crippen LogP contribution in [0, 0.1) is 0 Å². The largest absolute Gasteiger partial charge is 0.508 e. The number of benzene rings is 1. The van der Waals surface area contributed by atoms with Gasteiger partial charge in [0.25, 0.3) is 0 Å². The Labute approximate surface area is 93.0 Å². The lowest BCUT2D eigenvalue weighted by atomic mass is 10.3. The van der Waals surface area contributed by atoms with Crippen LogP contribution in [0.3, 0.4) is 0 Å². The van der Waals surface area contributed by atoms with Crippen molar-refractivity contribution in [1.29, 1.82) is 0 Å². The van der Waals surface area contributed by atoms with E-state index in [1.54, 1.807) is 36.0 Å². The molecule has 0 spiro atoms. The molecule has 0 fully saturated rings. The van der Waals surface area contributed by atoms with Gasteiger partial charge in [0.2, 0.25) is 0 Å². The summed E-state index contributed by atoms with van der Waals surface area (Å²) >= 11 is 1.67. The number of aliphatic imine (C=N–C) groups is 1. The van der Waals surface area contributed by atoms with E-state index in [0.29, 0.717) is 0 Å². The molecule has 1 aliphatic heterocycles. The Balaban J connectivity index is 2.05. The number of thioether (sulfide) groups is 1. The lowest BCUT2D eigenvalue weighted by Crippen LogP contribution is -1.80. The number of rotatable bonds is 2. The van der Waals surface area contributed by atoms with Crippen LogP contribution >= 0.6 is 11.8 Å². The summed E-state index contributed by atoms with van der Waals surface area (Å²) in [5.74, 6) is 0.267. The Morgan fingerprint density at radius 2 is 2.07 bits per heavy atom. The van der Waals surface area contributed by atoms with E-state index in [0.717, 1.165) is 17.0 Å². The molecule has 1 heterocycles. The van der Waals surface area contributed by atoms with E-state index in [2.05, 4.69) is 22.6 Å². The van der Waals surface area contributed by atoms with Crippen LogP contribution in [0.5, 0.6) is 5.75 Å². The van der Waals surface area contributed by atoms with Crippen LogP contribution in [0.2, 0.25) is 0 Å². The number of hydrogen-bond donors (Lipinski definition) is 1. The number of allylic oxidation sites excluding steroid dienone is 3. The van der Waals surface area contributed by atoms with Crippen LogP contribution in [-0.2, 0) is 0 Å². The Morgan fingerprint density at radius 3 is 2.73 bits per heavy atom. The first kappa shape index (κ1) is 10.1. The zero-order chi connectivity index (χ0) is 10.5. The molecule has 0 aromatic heterocycles. The van der Waals surface area contributed by atoms with Crippen molar-refractivity contribution in [3.05, 3.63) is 46.7 Å². The molecule has 0 bridgehead atoms. The van der Waals surface area contributed by atoms with Crippen molar-refractivity contribution < 1.29 is 5.11 Å². The van der Waals surface area contributed by atoms with E-state index < -0.39 is 0 Å². The van der Waals surface area contributed by atoms with Crippen molar-refractivity contribution in [3.8, 4) is 5.75 Å². The van der Waals surface area contributed by atoms with Gasteiger partial charge >= 0.3 is 0 Å². The van der Waals surface area contributed by atoms with Crippen LogP contribution in [0.1, 0.15) is 6.42 Å². The van der Waals surface area contributed by atoms with Gasteiger partial charge in [0.15, 0.2) is 0 Å². The maximum Gasteiger partial charge on any atom is 0.115 e. The zero-order valence-corrected chi connectivity index (χ0v) is 8.95. The summed E-state index contributed by atoms with van der Waals surface area (Å²) in [5.41, 5.74) is 0.851. The topological polar surface area (TPSA) is 32.6 Å². The number of hydrogen-bond acceptors (Lipinski definition) is 3. The lowest BCUT2D eigenvalue weighted by Gasteiger charge is -2.00. The smallest absolute Gasteiger partial charge is 0.115 e. The minimum atomic E-state index is 0.267. The first-order valence-electron chi connectivity index (χ1n) is 4.69. The van der Waals surface area contributed by atoms with Crippen LogP contribution in [-0.4, -0.2) is 11.3 Å². The average Bonchev–Trinajstić information content (AvgIpc) is 2.30. The maximum atomic E-state index is 9.10. The first-order chi connectivity index (χ1) is 7.34. The van der Waals surface area contributed by atoms with Gasteiger partial charge in [0.1, 0.15) is 5.75 Å². The van der Waals surface area contributed by atoms with Crippen LogP contribution in [0.25, 0.3) is 0 Å². The van der Waals surface area contributed by atoms with Crippen molar-refractivity contribution in [2.45, 2.75) is 6.42 Å². The molecule has 1 aromatic carbocycles. The third kappa shape index (κ3) is 2.99. The second-order valence-corrected chi connectivity index (χ2v) is 4.09. The zero-order valence-electron chi connectivity index (χ0n) is 8.13. The van der Waals surface area contributed by atoms with Gasteiger partial charge in [-0.05, 0) is 36.1 Å². The van der Waals surface area contributed by atoms with Crippen molar-refractivity contribution >= 4 is 23.7 Å². The second-order valence-electron chi connectivity index (χ2n) is 3.11. The molecule has 15 heavy (non-hydrogen) atoms. The van der Waals surface area contributed by atoms with Crippen molar-refractivity contribution in [2.24, 2.45) is 4.99 Å². The Kier molecular flexibility index (Phi) is 3.25. The summed E-state index contributed by atoms with van der Waals surface area (Å²) in [5, 5.41) is 11.2. The predicted molar refractivity (Wildman–Crippen MR) is 65.7 cm³/mol. The standard InChI is InChI=1S/C12H11NOS/c14-11-6-4-10(5-7-11)13-9-12-3-1-2-8-15-12/h2-9,14H,1H2. The Bertz CT molecular complexity index is 418. The highest BCUT2D eigenvalue weighted by Crippen LogP contribution is 2.22. The van der Waals surface area contributed by atoms with E-state index in [1.807, 2.05) is 6.21 Å². The summed E-state index contributed by atoms with van der Waals surface area (Å²) in [4.78, 5) is 5.47. The summed E-state index contributed by atoms with van der Waals surface area (Å²) in [6.45, 7) is 0. The molecule has 0 saturated carbocycles. The van der Waals surface area contributed by atoms with E-state index >= 15 is 0 Å². The van der Waals surface area contributed by atoms with E-state index in [1.165, 1.54) is 0 Å². The molecule has 0 unspecified atom stereocenters. The summed E-state index contributed by atoms with van der Waals surface area (Å²) in [7, 11) is 0. The predicted octanol–water partition coefficient (Wildman–Crippen LogP) is 3.63. The van der Waals surface area contributed by atoms with Gasteiger partial charge in [-0.2, -0.15) is 0 Å². The quantitative estimate of drug-likeness (QED) is 0.767. The third-order valence-corrected chi connectivity index (χ3v) is 2.82. The molecule has 76 valence electrons. The van der Waals surface area contributed by atoms with Gasteiger partial charge in [-0.3, -0.25) is 4.99 Å². The fraction of sp³-hybridized carbons (Fsp3) is 0.0833. The monoisotopic (exact) mass is 217 g/mol. The molecule has 0 aliphatic carbocycles. The fourth-order valence-corrected chi connectivity index (χ4v) is 1.85. The molecule has 1 N–H and O–H groups in total. The van der Waals surface area contributed by atoms with Crippen molar-refractivity contribution in [2.75, 3.05) is 0 Å². The van der Waals surface area contributed by atoms with E-state index in [-0.39, 0.29) is 5.75 Å². The average molecular weight is 217 g/mol. The molecule has 2 nitrogen and oxygen atoms in total. The molecule has 0 atom stereocenters. The van der Waals surface area contributed by atoms with Crippen molar-refractivity contribution in [3.63, 3.8) is 0 Å². The van der Waals surface area contributed by atoms with Crippen molar-refractivity contribution in [1.82, 2.24) is 0 Å². The SMILES string of the molecule is Oc1ccc(N=CC2=CCC=CS2)cc1. The number of nitrogens with zero attached hydrogens (tertiary/aromatic N) is 1. The van der Waals surface area contributed by atoms with Crippen LogP contribution in [0.4, 0.5) is 5.69 Å². The van der Waals surface area contributed by atoms with Gasteiger partial charge in [0, 0.05) is 11.1 Å². The third-order valence-electron chi connectivity index (χ3n) is 1.95. The molecule has 0 amide bonds. The Hall–Kier alpha value is -1.48. The fourth-order valence-electron chi connectivity index (χ4n) is 1.17. The molecular formula is C12H11NOS. The first-order valence-corrected chi connectivity index (χ1v) is 5.57. The molecule has 0 radical (unpaired) electrons. The van der Waals surface area contributed by atoms with Gasteiger partial charge < -0.3 is 5.11 Å². The second kappa shape index (κ2) is 4.84. The molecule has 2 rings (SSSR count). The minimum Gasteiger partial charge on any atom is -0.508 e.